The zero-order chi connectivity index (χ0) is 12.6. The van der Waals surface area contributed by atoms with Crippen LogP contribution in [0.1, 0.15) is 12.5 Å². The van der Waals surface area contributed by atoms with Gasteiger partial charge in [0.2, 0.25) is 0 Å². The van der Waals surface area contributed by atoms with E-state index >= 15 is 0 Å². The van der Waals surface area contributed by atoms with Gasteiger partial charge in [-0.1, -0.05) is 12.2 Å². The monoisotopic (exact) mass is 250 g/mol. The van der Waals surface area contributed by atoms with Gasteiger partial charge in [0.05, 0.1) is 4.92 Å². The van der Waals surface area contributed by atoms with Crippen molar-refractivity contribution >= 4 is 28.5 Å². The zero-order valence-corrected chi connectivity index (χ0v) is 9.86. The highest BCUT2D eigenvalue weighted by atomic mass is 32.1. The minimum atomic E-state index is -0.463. The van der Waals surface area contributed by atoms with Crippen molar-refractivity contribution in [2.75, 3.05) is 0 Å². The summed E-state index contributed by atoms with van der Waals surface area (Å²) in [5.41, 5.74) is 6.79. The normalized spacial score (nSPS) is 17.7. The second kappa shape index (κ2) is 4.14. The molecule has 1 aliphatic rings. The molecular weight excluding hydrogens is 240 g/mol. The van der Waals surface area contributed by atoms with Gasteiger partial charge in [-0.2, -0.15) is 0 Å². The van der Waals surface area contributed by atoms with Crippen LogP contribution in [0.3, 0.4) is 0 Å². The summed E-state index contributed by atoms with van der Waals surface area (Å²) in [6.45, 7) is 1.85. The largest absolute Gasteiger partial charge is 0.486 e. The Bertz CT molecular complexity index is 540. The lowest BCUT2D eigenvalue weighted by atomic mass is 10.00. The van der Waals surface area contributed by atoms with Gasteiger partial charge >= 0.3 is 0 Å². The second-order valence-electron chi connectivity index (χ2n) is 3.71. The van der Waals surface area contributed by atoms with Gasteiger partial charge in [0.25, 0.3) is 5.69 Å². The van der Waals surface area contributed by atoms with E-state index in [0.29, 0.717) is 16.9 Å². The molecule has 1 aromatic rings. The molecule has 0 saturated heterocycles. The number of thiocarbonyl (C=S) groups is 1. The molecule has 2 N–H and O–H groups in total. The van der Waals surface area contributed by atoms with Crippen molar-refractivity contribution < 1.29 is 9.66 Å². The Kier molecular flexibility index (Phi) is 2.81. The van der Waals surface area contributed by atoms with Gasteiger partial charge < -0.3 is 10.5 Å². The summed E-state index contributed by atoms with van der Waals surface area (Å²) < 4.78 is 5.53. The minimum Gasteiger partial charge on any atom is -0.486 e. The average Bonchev–Trinajstić information content (AvgIpc) is 2.26. The van der Waals surface area contributed by atoms with Gasteiger partial charge in [-0.05, 0) is 19.1 Å². The van der Waals surface area contributed by atoms with Crippen molar-refractivity contribution in [3.8, 4) is 5.75 Å². The van der Waals surface area contributed by atoms with E-state index in [1.54, 1.807) is 12.1 Å². The predicted molar refractivity (Wildman–Crippen MR) is 67.9 cm³/mol. The molecular formula is C11H10N2O3S. The molecule has 0 aromatic heterocycles. The summed E-state index contributed by atoms with van der Waals surface area (Å²) in [5, 5.41) is 10.7. The van der Waals surface area contributed by atoms with Crippen LogP contribution in [0.5, 0.6) is 5.75 Å². The smallest absolute Gasteiger partial charge is 0.270 e. The molecule has 0 fully saturated rings. The maximum absolute atomic E-state index is 10.7. The first-order chi connectivity index (χ1) is 7.99. The third-order valence-corrected chi connectivity index (χ3v) is 2.66. The van der Waals surface area contributed by atoms with Gasteiger partial charge in [-0.25, -0.2) is 0 Å². The third kappa shape index (κ3) is 2.12. The number of hydrogen-bond acceptors (Lipinski definition) is 4. The molecule has 0 radical (unpaired) electrons. The number of nitrogens with two attached hydrogens (primary N) is 1. The van der Waals surface area contributed by atoms with E-state index in [-0.39, 0.29) is 16.8 Å². The number of nitrogens with zero attached hydrogens (tertiary/aromatic N) is 1. The van der Waals surface area contributed by atoms with Crippen molar-refractivity contribution in [2.24, 2.45) is 5.73 Å². The van der Waals surface area contributed by atoms with Crippen molar-refractivity contribution in [1.82, 2.24) is 0 Å². The predicted octanol–water partition coefficient (Wildman–Crippen LogP) is 2.05. The molecule has 0 amide bonds. The van der Waals surface area contributed by atoms with E-state index in [2.05, 4.69) is 0 Å². The summed E-state index contributed by atoms with van der Waals surface area (Å²) in [7, 11) is 0. The molecule has 5 nitrogen and oxygen atoms in total. The van der Waals surface area contributed by atoms with Crippen LogP contribution in [0.15, 0.2) is 24.3 Å². The van der Waals surface area contributed by atoms with E-state index < -0.39 is 4.92 Å². The average molecular weight is 250 g/mol. The molecule has 0 bridgehead atoms. The lowest BCUT2D eigenvalue weighted by molar-refractivity contribution is -0.384. The van der Waals surface area contributed by atoms with E-state index in [4.69, 9.17) is 22.7 Å². The maximum Gasteiger partial charge on any atom is 0.270 e. The van der Waals surface area contributed by atoms with Gasteiger partial charge in [0, 0.05) is 23.3 Å². The third-order valence-electron chi connectivity index (χ3n) is 2.44. The van der Waals surface area contributed by atoms with Crippen LogP contribution in [0.2, 0.25) is 0 Å². The van der Waals surface area contributed by atoms with Crippen molar-refractivity contribution in [1.29, 1.82) is 0 Å². The lowest BCUT2D eigenvalue weighted by Gasteiger charge is -2.22. The van der Waals surface area contributed by atoms with Crippen LogP contribution in [-0.4, -0.2) is 16.0 Å². The van der Waals surface area contributed by atoms with Crippen LogP contribution in [0.25, 0.3) is 5.57 Å². The van der Waals surface area contributed by atoms with Gasteiger partial charge in [0.15, 0.2) is 0 Å². The van der Waals surface area contributed by atoms with E-state index in [9.17, 15) is 10.1 Å². The standard InChI is InChI=1S/C11H10N2O3S/c1-6-4-9(11(12)17)8-5-7(13(14)15)2-3-10(8)16-6/h2-6H,1H3,(H2,12,17). The Morgan fingerprint density at radius 3 is 2.88 bits per heavy atom. The Labute approximate surface area is 103 Å². The van der Waals surface area contributed by atoms with Gasteiger partial charge in [-0.15, -0.1) is 0 Å². The zero-order valence-electron chi connectivity index (χ0n) is 9.04. The Hall–Kier alpha value is -1.95. The molecule has 0 aliphatic carbocycles. The number of fused-ring (bicyclic) bond motifs is 1. The number of hydrogen-bond donors (Lipinski definition) is 1. The van der Waals surface area contributed by atoms with Crippen molar-refractivity contribution in [3.05, 3.63) is 40.0 Å². The number of non-ortho nitro benzene ring substituents is 1. The number of rotatable bonds is 2. The van der Waals surface area contributed by atoms with Crippen LogP contribution in [0.4, 0.5) is 5.69 Å². The highest BCUT2D eigenvalue weighted by molar-refractivity contribution is 7.81. The molecule has 0 saturated carbocycles. The molecule has 1 aromatic carbocycles. The molecule has 1 heterocycles. The number of ether oxygens (including phenoxy) is 1. The molecule has 6 heteroatoms. The summed E-state index contributed by atoms with van der Waals surface area (Å²) in [6.07, 6.45) is 1.61. The number of benzene rings is 1. The molecule has 1 aliphatic heterocycles. The molecule has 1 unspecified atom stereocenters. The van der Waals surface area contributed by atoms with E-state index in [1.807, 2.05) is 6.92 Å². The molecule has 0 spiro atoms. The Morgan fingerprint density at radius 1 is 1.59 bits per heavy atom. The topological polar surface area (TPSA) is 78.4 Å². The highest BCUT2D eigenvalue weighted by Gasteiger charge is 2.22. The fraction of sp³-hybridized carbons (Fsp3) is 0.182. The maximum atomic E-state index is 10.7. The first kappa shape index (κ1) is 11.5. The summed E-state index contributed by atoms with van der Waals surface area (Å²) in [5.74, 6) is 0.563. The Balaban J connectivity index is 2.58. The fourth-order valence-corrected chi connectivity index (χ4v) is 1.90. The molecule has 1 atom stereocenters. The number of nitro benzene ring substituents is 1. The van der Waals surface area contributed by atoms with Gasteiger partial charge in [0.1, 0.15) is 16.8 Å². The van der Waals surface area contributed by atoms with Crippen LogP contribution in [-0.2, 0) is 0 Å². The van der Waals surface area contributed by atoms with Crippen LogP contribution >= 0.6 is 12.2 Å². The Morgan fingerprint density at radius 2 is 2.29 bits per heavy atom. The van der Waals surface area contributed by atoms with Crippen molar-refractivity contribution in [2.45, 2.75) is 13.0 Å². The molecule has 88 valence electrons. The fourth-order valence-electron chi connectivity index (χ4n) is 1.72. The van der Waals surface area contributed by atoms with Crippen LogP contribution < -0.4 is 10.5 Å². The molecule has 2 rings (SSSR count). The van der Waals surface area contributed by atoms with Gasteiger partial charge in [-0.3, -0.25) is 10.1 Å². The summed E-state index contributed by atoms with van der Waals surface area (Å²) in [6, 6.07) is 4.38. The lowest BCUT2D eigenvalue weighted by Crippen LogP contribution is -2.21. The quantitative estimate of drug-likeness (QED) is 0.493. The van der Waals surface area contributed by atoms with E-state index in [1.165, 1.54) is 12.1 Å². The van der Waals surface area contributed by atoms with E-state index in [0.717, 1.165) is 0 Å². The minimum absolute atomic E-state index is 0.0101. The summed E-state index contributed by atoms with van der Waals surface area (Å²) in [4.78, 5) is 10.5. The first-order valence-electron chi connectivity index (χ1n) is 4.96. The SMILES string of the molecule is CC1C=C(C(N)=S)c2cc([N+](=O)[O-])ccc2O1. The second-order valence-corrected chi connectivity index (χ2v) is 4.14. The first-order valence-corrected chi connectivity index (χ1v) is 5.37. The van der Waals surface area contributed by atoms with Crippen molar-refractivity contribution in [3.63, 3.8) is 0 Å². The summed E-state index contributed by atoms with van der Waals surface area (Å²) >= 11 is 4.94. The molecule has 17 heavy (non-hydrogen) atoms. The van der Waals surface area contributed by atoms with Crippen LogP contribution in [0, 0.1) is 10.1 Å². The highest BCUT2D eigenvalue weighted by Crippen LogP contribution is 2.34. The number of nitro groups is 1.